The van der Waals surface area contributed by atoms with Gasteiger partial charge in [0, 0.05) is 23.8 Å². The summed E-state index contributed by atoms with van der Waals surface area (Å²) in [5.41, 5.74) is 2.09. The minimum Gasteiger partial charge on any atom is -0.471 e. The molecular weight excluding hydrogens is 564 g/mol. The third-order valence-electron chi connectivity index (χ3n) is 7.85. The number of nitriles is 1. The van der Waals surface area contributed by atoms with Gasteiger partial charge in [-0.15, -0.1) is 11.3 Å². The van der Waals surface area contributed by atoms with Gasteiger partial charge >= 0.3 is 5.97 Å². The van der Waals surface area contributed by atoms with E-state index < -0.39 is 11.6 Å². The second-order valence-corrected chi connectivity index (χ2v) is 11.5. The Hall–Kier alpha value is -3.92. The summed E-state index contributed by atoms with van der Waals surface area (Å²) in [4.78, 5) is 25.1. The standard InChI is InChI=1S/C30H29F2N5O4S/c1-39-30(38)26-13-25-29(42-26)35-27(37(25)15-21-8-11-40-21)16-36-9-6-19(7-10-36)24-5-4-22(31)28(34-24)41-17-20-3-2-18(14-33)12-23(20)32/h2-5,12-13,19,21H,6-11,15-17H2,1H3/t21-/m0/s1. The molecule has 2 aliphatic heterocycles. The molecule has 0 unspecified atom stereocenters. The number of nitrogens with zero attached hydrogens (tertiary/aromatic N) is 5. The zero-order valence-electron chi connectivity index (χ0n) is 23.0. The number of pyridine rings is 1. The van der Waals surface area contributed by atoms with E-state index in [1.807, 2.05) is 12.1 Å². The lowest BCUT2D eigenvalue weighted by Crippen LogP contribution is -2.35. The Morgan fingerprint density at radius 2 is 1.95 bits per heavy atom. The molecule has 0 aliphatic carbocycles. The molecule has 0 spiro atoms. The van der Waals surface area contributed by atoms with Crippen molar-refractivity contribution in [2.45, 2.75) is 51.0 Å². The summed E-state index contributed by atoms with van der Waals surface area (Å²) in [5.74, 6) is -0.648. The number of carbonyl (C=O) groups excluding carboxylic acids is 1. The topological polar surface area (TPSA) is 102 Å². The molecule has 1 aromatic carbocycles. The van der Waals surface area contributed by atoms with Crippen LogP contribution in [0.5, 0.6) is 5.88 Å². The molecule has 218 valence electrons. The van der Waals surface area contributed by atoms with Crippen LogP contribution in [-0.4, -0.2) is 58.3 Å². The normalized spacial score (nSPS) is 17.6. The number of ether oxygens (including phenoxy) is 3. The van der Waals surface area contributed by atoms with Crippen molar-refractivity contribution in [1.29, 1.82) is 5.26 Å². The van der Waals surface area contributed by atoms with Crippen LogP contribution < -0.4 is 4.74 Å². The molecule has 5 heterocycles. The Morgan fingerprint density at radius 3 is 2.64 bits per heavy atom. The van der Waals surface area contributed by atoms with Crippen LogP contribution in [-0.2, 0) is 29.2 Å². The molecule has 2 fully saturated rings. The van der Waals surface area contributed by atoms with Crippen LogP contribution in [0.3, 0.4) is 0 Å². The summed E-state index contributed by atoms with van der Waals surface area (Å²) in [5, 5.41) is 8.92. The molecule has 0 radical (unpaired) electrons. The van der Waals surface area contributed by atoms with E-state index in [9.17, 15) is 13.6 Å². The predicted molar refractivity (Wildman–Crippen MR) is 150 cm³/mol. The second-order valence-electron chi connectivity index (χ2n) is 10.5. The first-order valence-electron chi connectivity index (χ1n) is 13.8. The number of hydrogen-bond acceptors (Lipinski definition) is 9. The molecule has 3 aromatic heterocycles. The maximum Gasteiger partial charge on any atom is 0.348 e. The van der Waals surface area contributed by atoms with Crippen LogP contribution in [0.25, 0.3) is 10.3 Å². The van der Waals surface area contributed by atoms with Gasteiger partial charge in [-0.25, -0.2) is 23.5 Å². The van der Waals surface area contributed by atoms with Crippen molar-refractivity contribution in [3.05, 3.63) is 75.6 Å². The Morgan fingerprint density at radius 1 is 1.14 bits per heavy atom. The highest BCUT2D eigenvalue weighted by Crippen LogP contribution is 2.32. The third-order valence-corrected chi connectivity index (χ3v) is 8.84. The average Bonchev–Trinajstić information content (AvgIpc) is 3.53. The third kappa shape index (κ3) is 5.86. The lowest BCUT2D eigenvalue weighted by Gasteiger charge is -2.32. The van der Waals surface area contributed by atoms with Crippen molar-refractivity contribution in [3.8, 4) is 11.9 Å². The minimum absolute atomic E-state index is 0.130. The smallest absolute Gasteiger partial charge is 0.348 e. The summed E-state index contributed by atoms with van der Waals surface area (Å²) in [6.07, 6.45) is 2.80. The number of halogens is 2. The van der Waals surface area contributed by atoms with Gasteiger partial charge in [-0.05, 0) is 62.7 Å². The van der Waals surface area contributed by atoms with Gasteiger partial charge < -0.3 is 18.8 Å². The van der Waals surface area contributed by atoms with E-state index in [0.29, 0.717) is 18.0 Å². The quantitative estimate of drug-likeness (QED) is 0.245. The molecule has 0 saturated carbocycles. The molecule has 0 N–H and O–H groups in total. The van der Waals surface area contributed by atoms with E-state index in [1.165, 1.54) is 36.6 Å². The van der Waals surface area contributed by atoms with E-state index in [-0.39, 0.29) is 41.6 Å². The Kier molecular flexibility index (Phi) is 8.15. The number of rotatable bonds is 9. The fourth-order valence-corrected chi connectivity index (χ4v) is 6.32. The Balaban J connectivity index is 1.11. The van der Waals surface area contributed by atoms with Crippen LogP contribution in [0.1, 0.15) is 57.5 Å². The van der Waals surface area contributed by atoms with Gasteiger partial charge in [0.1, 0.15) is 28.0 Å². The van der Waals surface area contributed by atoms with Gasteiger partial charge in [0.2, 0.25) is 0 Å². The molecule has 9 nitrogen and oxygen atoms in total. The highest BCUT2D eigenvalue weighted by molar-refractivity contribution is 7.20. The summed E-state index contributed by atoms with van der Waals surface area (Å²) < 4.78 is 47.0. The van der Waals surface area contributed by atoms with Crippen molar-refractivity contribution >= 4 is 27.7 Å². The number of fused-ring (bicyclic) bond motifs is 1. The number of thiophene rings is 1. The Labute approximate surface area is 245 Å². The minimum atomic E-state index is -0.608. The van der Waals surface area contributed by atoms with Gasteiger partial charge in [0.05, 0.1) is 43.5 Å². The maximum absolute atomic E-state index is 14.5. The van der Waals surface area contributed by atoms with E-state index in [2.05, 4.69) is 14.5 Å². The van der Waals surface area contributed by atoms with Gasteiger partial charge in [0.25, 0.3) is 5.88 Å². The van der Waals surface area contributed by atoms with Gasteiger partial charge in [-0.2, -0.15) is 5.26 Å². The summed E-state index contributed by atoms with van der Waals surface area (Å²) in [6.45, 7) is 3.54. The van der Waals surface area contributed by atoms with Crippen molar-refractivity contribution in [3.63, 3.8) is 0 Å². The molecule has 0 amide bonds. The van der Waals surface area contributed by atoms with Gasteiger partial charge in [0.15, 0.2) is 5.82 Å². The maximum atomic E-state index is 14.5. The van der Waals surface area contributed by atoms with E-state index in [0.717, 1.165) is 66.9 Å². The largest absolute Gasteiger partial charge is 0.471 e. The fraction of sp³-hybridized carbons (Fsp3) is 0.400. The van der Waals surface area contributed by atoms with Crippen LogP contribution in [0.15, 0.2) is 36.4 Å². The van der Waals surface area contributed by atoms with Crippen molar-refractivity contribution in [2.24, 2.45) is 0 Å². The monoisotopic (exact) mass is 593 g/mol. The first kappa shape index (κ1) is 28.2. The molecule has 12 heteroatoms. The number of carbonyl (C=O) groups is 1. The number of likely N-dealkylation sites (tertiary alicyclic amines) is 1. The lowest BCUT2D eigenvalue weighted by molar-refractivity contribution is -0.0592. The summed E-state index contributed by atoms with van der Waals surface area (Å²) >= 11 is 1.33. The van der Waals surface area contributed by atoms with E-state index >= 15 is 0 Å². The van der Waals surface area contributed by atoms with E-state index in [4.69, 9.17) is 24.5 Å². The molecule has 6 rings (SSSR count). The average molecular weight is 594 g/mol. The van der Waals surface area contributed by atoms with Gasteiger partial charge in [-0.1, -0.05) is 6.07 Å². The van der Waals surface area contributed by atoms with Crippen LogP contribution in [0, 0.1) is 23.0 Å². The van der Waals surface area contributed by atoms with Crippen LogP contribution in [0.4, 0.5) is 8.78 Å². The van der Waals surface area contributed by atoms with Crippen molar-refractivity contribution in [2.75, 3.05) is 26.8 Å². The first-order valence-corrected chi connectivity index (χ1v) is 14.6. The fourth-order valence-electron chi connectivity index (χ4n) is 5.35. The number of benzene rings is 1. The number of esters is 1. The molecule has 1 atom stereocenters. The lowest BCUT2D eigenvalue weighted by atomic mass is 9.93. The predicted octanol–water partition coefficient (Wildman–Crippen LogP) is 5.18. The molecule has 4 aromatic rings. The second kappa shape index (κ2) is 12.1. The number of piperidine rings is 1. The number of hydrogen-bond donors (Lipinski definition) is 0. The van der Waals surface area contributed by atoms with Gasteiger partial charge in [-0.3, -0.25) is 4.90 Å². The zero-order valence-corrected chi connectivity index (χ0v) is 23.8. The van der Waals surface area contributed by atoms with Crippen LogP contribution in [0.2, 0.25) is 0 Å². The molecule has 2 saturated heterocycles. The highest BCUT2D eigenvalue weighted by atomic mass is 32.1. The Bertz CT molecular complexity index is 1650. The zero-order chi connectivity index (χ0) is 29.2. The molecule has 42 heavy (non-hydrogen) atoms. The molecule has 2 aliphatic rings. The molecular formula is C30H29F2N5O4S. The SMILES string of the molecule is COC(=O)c1cc2c(nc(CN3CCC(c4ccc(F)c(OCc5ccc(C#N)cc5F)n4)CC3)n2C[C@@H]2CCO2)s1. The van der Waals surface area contributed by atoms with Crippen molar-refractivity contribution < 1.29 is 27.8 Å². The summed E-state index contributed by atoms with van der Waals surface area (Å²) in [7, 11) is 1.37. The molecule has 0 bridgehead atoms. The van der Waals surface area contributed by atoms with Crippen molar-refractivity contribution in [1.82, 2.24) is 19.4 Å². The number of methoxy groups -OCH3 is 1. The number of aromatic nitrogens is 3. The number of imidazole rings is 1. The van der Waals surface area contributed by atoms with Crippen LogP contribution >= 0.6 is 11.3 Å². The first-order chi connectivity index (χ1) is 20.4. The highest BCUT2D eigenvalue weighted by Gasteiger charge is 2.27. The summed E-state index contributed by atoms with van der Waals surface area (Å²) in [6, 6.07) is 10.8. The van der Waals surface area contributed by atoms with E-state index in [1.54, 1.807) is 6.07 Å².